The lowest BCUT2D eigenvalue weighted by molar-refractivity contribution is 0.0698. The molecular formula is C25H25N3O2. The molecule has 3 N–H and O–H groups in total. The van der Waals surface area contributed by atoms with Crippen LogP contribution in [0.1, 0.15) is 58.1 Å². The lowest BCUT2D eigenvalue weighted by Crippen LogP contribution is -2.13. The maximum absolute atomic E-state index is 11.4. The van der Waals surface area contributed by atoms with Crippen molar-refractivity contribution in [1.82, 2.24) is 4.98 Å². The summed E-state index contributed by atoms with van der Waals surface area (Å²) in [5, 5.41) is 16.2. The van der Waals surface area contributed by atoms with E-state index in [9.17, 15) is 9.90 Å². The van der Waals surface area contributed by atoms with Crippen LogP contribution in [0, 0.1) is 0 Å². The van der Waals surface area contributed by atoms with Crippen LogP contribution in [-0.2, 0) is 6.42 Å². The number of aromatic carboxylic acids is 1. The highest BCUT2D eigenvalue weighted by atomic mass is 16.4. The molecule has 1 fully saturated rings. The molecule has 152 valence electrons. The summed E-state index contributed by atoms with van der Waals surface area (Å²) in [4.78, 5) is 15.4. The van der Waals surface area contributed by atoms with Gasteiger partial charge in [-0.1, -0.05) is 18.2 Å². The van der Waals surface area contributed by atoms with Gasteiger partial charge in [-0.15, -0.1) is 0 Å². The quantitative estimate of drug-likeness (QED) is 0.486. The van der Waals surface area contributed by atoms with E-state index in [0.717, 1.165) is 30.1 Å². The number of carboxylic acid groups (broad SMARTS) is 1. The smallest absolute Gasteiger partial charge is 0.337 e. The van der Waals surface area contributed by atoms with Crippen molar-refractivity contribution < 1.29 is 9.90 Å². The number of carbonyl (C=O) groups is 1. The number of pyridine rings is 1. The average molecular weight is 399 g/mol. The Balaban J connectivity index is 1.25. The van der Waals surface area contributed by atoms with Gasteiger partial charge >= 0.3 is 5.97 Å². The molecule has 0 aliphatic heterocycles. The Labute approximate surface area is 176 Å². The Morgan fingerprint density at radius 2 is 1.83 bits per heavy atom. The fraction of sp³-hybridized carbons (Fsp3) is 0.280. The number of rotatable bonds is 7. The van der Waals surface area contributed by atoms with Crippen molar-refractivity contribution >= 4 is 23.0 Å². The Morgan fingerprint density at radius 3 is 2.60 bits per heavy atom. The molecule has 5 heteroatoms. The SMILES string of the molecule is O=C(O)c1ccncc1NC[C@H]1CCc2cc(Nc3ccc(C4CC4)cc3)ccc21. The van der Waals surface area contributed by atoms with E-state index in [2.05, 4.69) is 58.1 Å². The number of carboxylic acids is 1. The van der Waals surface area contributed by atoms with E-state index in [4.69, 9.17) is 0 Å². The average Bonchev–Trinajstić information content (AvgIpc) is 3.54. The summed E-state index contributed by atoms with van der Waals surface area (Å²) in [6.07, 6.45) is 7.84. The van der Waals surface area contributed by atoms with Crippen molar-refractivity contribution in [2.45, 2.75) is 37.5 Å². The summed E-state index contributed by atoms with van der Waals surface area (Å²) >= 11 is 0. The predicted octanol–water partition coefficient (Wildman–Crippen LogP) is 5.54. The second kappa shape index (κ2) is 7.82. The largest absolute Gasteiger partial charge is 0.478 e. The molecule has 5 nitrogen and oxygen atoms in total. The number of nitrogens with one attached hydrogen (secondary N) is 2. The van der Waals surface area contributed by atoms with Crippen LogP contribution in [0.4, 0.5) is 17.1 Å². The summed E-state index contributed by atoms with van der Waals surface area (Å²) in [5.74, 6) is 0.212. The zero-order valence-electron chi connectivity index (χ0n) is 16.8. The molecular weight excluding hydrogens is 374 g/mol. The number of aryl methyl sites for hydroxylation is 1. The number of hydrogen-bond acceptors (Lipinski definition) is 4. The Bertz CT molecular complexity index is 1070. The van der Waals surface area contributed by atoms with Crippen LogP contribution >= 0.6 is 0 Å². The topological polar surface area (TPSA) is 74.2 Å². The Kier molecular flexibility index (Phi) is 4.87. The fourth-order valence-corrected chi connectivity index (χ4v) is 4.37. The van der Waals surface area contributed by atoms with E-state index >= 15 is 0 Å². The third-order valence-corrected chi connectivity index (χ3v) is 6.18. The predicted molar refractivity (Wildman–Crippen MR) is 119 cm³/mol. The summed E-state index contributed by atoms with van der Waals surface area (Å²) in [7, 11) is 0. The molecule has 1 heterocycles. The minimum absolute atomic E-state index is 0.260. The van der Waals surface area contributed by atoms with Crippen LogP contribution in [0.2, 0.25) is 0 Å². The van der Waals surface area contributed by atoms with Gasteiger partial charge in [0.25, 0.3) is 0 Å². The van der Waals surface area contributed by atoms with Crippen molar-refractivity contribution in [1.29, 1.82) is 0 Å². The maximum Gasteiger partial charge on any atom is 0.337 e. The molecule has 0 radical (unpaired) electrons. The molecule has 30 heavy (non-hydrogen) atoms. The number of benzene rings is 2. The van der Waals surface area contributed by atoms with E-state index in [1.165, 1.54) is 41.8 Å². The van der Waals surface area contributed by atoms with E-state index in [1.807, 2.05) is 0 Å². The van der Waals surface area contributed by atoms with Crippen molar-refractivity contribution in [2.75, 3.05) is 17.2 Å². The summed E-state index contributed by atoms with van der Waals surface area (Å²) in [5.41, 5.74) is 7.23. The van der Waals surface area contributed by atoms with Gasteiger partial charge < -0.3 is 15.7 Å². The molecule has 1 aromatic heterocycles. The van der Waals surface area contributed by atoms with Gasteiger partial charge in [0, 0.05) is 30.0 Å². The van der Waals surface area contributed by atoms with Crippen LogP contribution in [0.5, 0.6) is 0 Å². The summed E-state index contributed by atoms with van der Waals surface area (Å²) in [6.45, 7) is 0.703. The van der Waals surface area contributed by atoms with Gasteiger partial charge in [-0.3, -0.25) is 4.98 Å². The fourth-order valence-electron chi connectivity index (χ4n) is 4.37. The highest BCUT2D eigenvalue weighted by Crippen LogP contribution is 2.40. The second-order valence-corrected chi connectivity index (χ2v) is 8.28. The minimum atomic E-state index is -0.937. The van der Waals surface area contributed by atoms with E-state index in [-0.39, 0.29) is 5.56 Å². The highest BCUT2D eigenvalue weighted by molar-refractivity contribution is 5.93. The van der Waals surface area contributed by atoms with Crippen molar-refractivity contribution in [2.24, 2.45) is 0 Å². The van der Waals surface area contributed by atoms with Gasteiger partial charge in [0.05, 0.1) is 17.4 Å². The Hall–Kier alpha value is -3.34. The monoisotopic (exact) mass is 399 g/mol. The van der Waals surface area contributed by atoms with Crippen molar-refractivity contribution in [3.05, 3.63) is 83.2 Å². The molecule has 0 amide bonds. The Morgan fingerprint density at radius 1 is 1.03 bits per heavy atom. The maximum atomic E-state index is 11.4. The first-order valence-corrected chi connectivity index (χ1v) is 10.6. The number of nitrogens with zero attached hydrogens (tertiary/aromatic N) is 1. The van der Waals surface area contributed by atoms with E-state index in [1.54, 1.807) is 6.20 Å². The highest BCUT2D eigenvalue weighted by Gasteiger charge is 2.24. The molecule has 0 saturated heterocycles. The first kappa shape index (κ1) is 18.7. The van der Waals surface area contributed by atoms with Crippen molar-refractivity contribution in [3.8, 4) is 0 Å². The van der Waals surface area contributed by atoms with Crippen LogP contribution in [0.25, 0.3) is 0 Å². The first-order valence-electron chi connectivity index (χ1n) is 10.6. The molecule has 5 rings (SSSR count). The molecule has 0 unspecified atom stereocenters. The standard InChI is InChI=1S/C25H25N3O2/c29-25(30)23-11-12-26-15-24(23)27-14-19-4-3-18-13-21(9-10-22(18)19)28-20-7-5-17(6-8-20)16-1-2-16/h5-13,15-16,19,27-28H,1-4,14H2,(H,29,30)/t19-/m1/s1. The molecule has 1 atom stereocenters. The molecule has 3 aromatic rings. The lowest BCUT2D eigenvalue weighted by Gasteiger charge is -2.16. The number of aromatic nitrogens is 1. The molecule has 0 spiro atoms. The first-order chi connectivity index (χ1) is 14.7. The normalized spacial score (nSPS) is 17.4. The van der Waals surface area contributed by atoms with Crippen LogP contribution in [0.15, 0.2) is 60.9 Å². The number of anilines is 3. The molecule has 2 aliphatic rings. The lowest BCUT2D eigenvalue weighted by atomic mass is 10.0. The van der Waals surface area contributed by atoms with Gasteiger partial charge in [-0.05, 0) is 78.6 Å². The summed E-state index contributed by atoms with van der Waals surface area (Å²) < 4.78 is 0. The number of fused-ring (bicyclic) bond motifs is 1. The van der Waals surface area contributed by atoms with Gasteiger partial charge in [0.2, 0.25) is 0 Å². The molecule has 1 saturated carbocycles. The van der Waals surface area contributed by atoms with E-state index in [0.29, 0.717) is 18.2 Å². The molecule has 0 bridgehead atoms. The molecule has 2 aromatic carbocycles. The number of hydrogen-bond donors (Lipinski definition) is 3. The van der Waals surface area contributed by atoms with Gasteiger partial charge in [0.15, 0.2) is 0 Å². The zero-order chi connectivity index (χ0) is 20.5. The second-order valence-electron chi connectivity index (χ2n) is 8.28. The van der Waals surface area contributed by atoms with Gasteiger partial charge in [-0.25, -0.2) is 4.79 Å². The zero-order valence-corrected chi connectivity index (χ0v) is 16.8. The third-order valence-electron chi connectivity index (χ3n) is 6.18. The van der Waals surface area contributed by atoms with Crippen LogP contribution in [-0.4, -0.2) is 22.6 Å². The molecule has 2 aliphatic carbocycles. The summed E-state index contributed by atoms with van der Waals surface area (Å²) in [6, 6.07) is 16.9. The van der Waals surface area contributed by atoms with Gasteiger partial charge in [-0.2, -0.15) is 0 Å². The minimum Gasteiger partial charge on any atom is -0.478 e. The van der Waals surface area contributed by atoms with Crippen LogP contribution in [0.3, 0.4) is 0 Å². The third kappa shape index (κ3) is 3.88. The van der Waals surface area contributed by atoms with E-state index < -0.39 is 5.97 Å². The van der Waals surface area contributed by atoms with Gasteiger partial charge in [0.1, 0.15) is 0 Å². The van der Waals surface area contributed by atoms with Crippen molar-refractivity contribution in [3.63, 3.8) is 0 Å². The van der Waals surface area contributed by atoms with Crippen LogP contribution < -0.4 is 10.6 Å².